The molecule has 0 saturated carbocycles. The van der Waals surface area contributed by atoms with Crippen molar-refractivity contribution in [3.8, 4) is 5.75 Å². The highest BCUT2D eigenvalue weighted by atomic mass is 16.5. The van der Waals surface area contributed by atoms with Gasteiger partial charge in [-0.1, -0.05) is 26.0 Å². The van der Waals surface area contributed by atoms with Gasteiger partial charge in [-0.2, -0.15) is 0 Å². The molecule has 1 aromatic carbocycles. The van der Waals surface area contributed by atoms with E-state index in [2.05, 4.69) is 18.7 Å². The molecule has 1 fully saturated rings. The molecule has 0 amide bonds. The van der Waals surface area contributed by atoms with Crippen molar-refractivity contribution < 1.29 is 4.74 Å². The maximum Gasteiger partial charge on any atom is 0.119 e. The fourth-order valence-corrected chi connectivity index (χ4v) is 3.10. The molecule has 1 aliphatic heterocycles. The van der Waals surface area contributed by atoms with Gasteiger partial charge in [0, 0.05) is 19.6 Å². The Morgan fingerprint density at radius 3 is 2.75 bits per heavy atom. The summed E-state index contributed by atoms with van der Waals surface area (Å²) < 4.78 is 5.85. The van der Waals surface area contributed by atoms with Crippen molar-refractivity contribution in [2.75, 3.05) is 26.2 Å². The van der Waals surface area contributed by atoms with E-state index in [0.29, 0.717) is 12.0 Å². The van der Waals surface area contributed by atoms with E-state index >= 15 is 0 Å². The van der Waals surface area contributed by atoms with Gasteiger partial charge >= 0.3 is 0 Å². The van der Waals surface area contributed by atoms with Crippen LogP contribution in [0.2, 0.25) is 0 Å². The molecule has 0 atom stereocenters. The minimum Gasteiger partial charge on any atom is -0.492 e. The fourth-order valence-electron chi connectivity index (χ4n) is 3.10. The smallest absolute Gasteiger partial charge is 0.119 e. The first-order chi connectivity index (χ1) is 9.71. The van der Waals surface area contributed by atoms with Crippen LogP contribution < -0.4 is 10.5 Å². The number of rotatable bonds is 7. The van der Waals surface area contributed by atoms with Gasteiger partial charge in [-0.15, -0.1) is 0 Å². The second kappa shape index (κ2) is 7.09. The average Bonchev–Trinajstić information content (AvgIpc) is 2.92. The first-order valence-electron chi connectivity index (χ1n) is 7.85. The summed E-state index contributed by atoms with van der Waals surface area (Å²) in [6, 6.07) is 8.08. The van der Waals surface area contributed by atoms with E-state index in [9.17, 15) is 0 Å². The summed E-state index contributed by atoms with van der Waals surface area (Å²) in [5.74, 6) is 0.935. The van der Waals surface area contributed by atoms with E-state index in [-0.39, 0.29) is 0 Å². The molecular weight excluding hydrogens is 248 g/mol. The Morgan fingerprint density at radius 1 is 1.30 bits per heavy atom. The number of nitrogens with two attached hydrogens (primary N) is 1. The highest BCUT2D eigenvalue weighted by Crippen LogP contribution is 2.36. The zero-order chi connectivity index (χ0) is 14.4. The third-order valence-corrected chi connectivity index (χ3v) is 4.83. The average molecular weight is 276 g/mol. The lowest BCUT2D eigenvalue weighted by Crippen LogP contribution is -2.29. The van der Waals surface area contributed by atoms with Gasteiger partial charge in [0.15, 0.2) is 0 Å². The second-order valence-corrected chi connectivity index (χ2v) is 5.93. The van der Waals surface area contributed by atoms with Crippen molar-refractivity contribution >= 4 is 0 Å². The summed E-state index contributed by atoms with van der Waals surface area (Å²) in [6.07, 6.45) is 3.92. The van der Waals surface area contributed by atoms with Gasteiger partial charge in [-0.05, 0) is 48.9 Å². The lowest BCUT2D eigenvalue weighted by atomic mass is 9.82. The van der Waals surface area contributed by atoms with Crippen LogP contribution in [0.1, 0.15) is 38.7 Å². The molecule has 0 aliphatic carbocycles. The lowest BCUT2D eigenvalue weighted by Gasteiger charge is -2.26. The summed E-state index contributed by atoms with van der Waals surface area (Å²) >= 11 is 0. The first-order valence-corrected chi connectivity index (χ1v) is 7.85. The molecule has 112 valence electrons. The molecule has 3 nitrogen and oxygen atoms in total. The number of hydrogen-bond donors (Lipinski definition) is 1. The highest BCUT2D eigenvalue weighted by molar-refractivity contribution is 5.28. The molecule has 0 aromatic heterocycles. The zero-order valence-electron chi connectivity index (χ0n) is 12.9. The Balaban J connectivity index is 1.76. The monoisotopic (exact) mass is 276 g/mol. The standard InChI is InChI=1S/C17H28N2O/c1-3-17(4-2)8-9-19(14-17)10-11-20-16-7-5-6-15(12-16)13-18/h5-7,12H,3-4,8-11,13-14,18H2,1-2H3. The minimum absolute atomic E-state index is 0.555. The van der Waals surface area contributed by atoms with Crippen molar-refractivity contribution in [2.24, 2.45) is 11.1 Å². The molecular formula is C17H28N2O. The van der Waals surface area contributed by atoms with Crippen LogP contribution in [-0.4, -0.2) is 31.1 Å². The predicted molar refractivity (Wildman–Crippen MR) is 83.9 cm³/mol. The van der Waals surface area contributed by atoms with Gasteiger partial charge in [0.2, 0.25) is 0 Å². The lowest BCUT2D eigenvalue weighted by molar-refractivity contribution is 0.204. The van der Waals surface area contributed by atoms with Crippen LogP contribution in [0.5, 0.6) is 5.75 Å². The van der Waals surface area contributed by atoms with Crippen molar-refractivity contribution in [1.29, 1.82) is 0 Å². The minimum atomic E-state index is 0.555. The number of benzene rings is 1. The number of nitrogens with zero attached hydrogens (tertiary/aromatic N) is 1. The van der Waals surface area contributed by atoms with Gasteiger partial charge in [-0.25, -0.2) is 0 Å². The SMILES string of the molecule is CCC1(CC)CCN(CCOc2cccc(CN)c2)C1. The van der Waals surface area contributed by atoms with E-state index in [0.717, 1.165) is 24.5 Å². The fraction of sp³-hybridized carbons (Fsp3) is 0.647. The molecule has 1 aromatic rings. The van der Waals surface area contributed by atoms with E-state index in [4.69, 9.17) is 10.5 Å². The van der Waals surface area contributed by atoms with E-state index < -0.39 is 0 Å². The molecule has 1 heterocycles. The highest BCUT2D eigenvalue weighted by Gasteiger charge is 2.34. The molecule has 0 unspecified atom stereocenters. The molecule has 0 spiro atoms. The Kier molecular flexibility index (Phi) is 5.44. The van der Waals surface area contributed by atoms with Gasteiger partial charge in [0.1, 0.15) is 12.4 Å². The molecule has 0 radical (unpaired) electrons. The maximum atomic E-state index is 5.85. The van der Waals surface area contributed by atoms with Crippen molar-refractivity contribution in [3.63, 3.8) is 0 Å². The quantitative estimate of drug-likeness (QED) is 0.832. The van der Waals surface area contributed by atoms with Crippen molar-refractivity contribution in [1.82, 2.24) is 4.90 Å². The number of hydrogen-bond acceptors (Lipinski definition) is 3. The third-order valence-electron chi connectivity index (χ3n) is 4.83. The molecule has 2 rings (SSSR count). The van der Waals surface area contributed by atoms with Crippen LogP contribution in [0.3, 0.4) is 0 Å². The third kappa shape index (κ3) is 3.74. The van der Waals surface area contributed by atoms with E-state index in [1.807, 2.05) is 24.3 Å². The van der Waals surface area contributed by atoms with E-state index in [1.54, 1.807) is 0 Å². The Bertz CT molecular complexity index is 415. The summed E-state index contributed by atoms with van der Waals surface area (Å²) in [5, 5.41) is 0. The van der Waals surface area contributed by atoms with Crippen LogP contribution in [0, 0.1) is 5.41 Å². The molecule has 20 heavy (non-hydrogen) atoms. The summed E-state index contributed by atoms with van der Waals surface area (Å²) in [6.45, 7) is 9.44. The van der Waals surface area contributed by atoms with Crippen LogP contribution in [0.15, 0.2) is 24.3 Å². The molecule has 1 aliphatic rings. The first kappa shape index (κ1) is 15.3. The number of ether oxygens (including phenoxy) is 1. The second-order valence-electron chi connectivity index (χ2n) is 5.93. The van der Waals surface area contributed by atoms with Crippen LogP contribution in [-0.2, 0) is 6.54 Å². The van der Waals surface area contributed by atoms with Gasteiger partial charge in [0.05, 0.1) is 0 Å². The van der Waals surface area contributed by atoms with E-state index in [1.165, 1.54) is 32.4 Å². The molecule has 0 bridgehead atoms. The Labute approximate surface area is 123 Å². The van der Waals surface area contributed by atoms with Crippen molar-refractivity contribution in [2.45, 2.75) is 39.7 Å². The summed E-state index contributed by atoms with van der Waals surface area (Å²) in [7, 11) is 0. The summed E-state index contributed by atoms with van der Waals surface area (Å²) in [4.78, 5) is 2.54. The molecule has 2 N–H and O–H groups in total. The topological polar surface area (TPSA) is 38.5 Å². The predicted octanol–water partition coefficient (Wildman–Crippen LogP) is 3.04. The zero-order valence-corrected chi connectivity index (χ0v) is 12.9. The normalized spacial score (nSPS) is 18.4. The summed E-state index contributed by atoms with van der Waals surface area (Å²) in [5.41, 5.74) is 7.32. The number of likely N-dealkylation sites (tertiary alicyclic amines) is 1. The Morgan fingerprint density at radius 2 is 2.10 bits per heavy atom. The van der Waals surface area contributed by atoms with Gasteiger partial charge in [-0.3, -0.25) is 4.90 Å². The van der Waals surface area contributed by atoms with Gasteiger partial charge in [0.25, 0.3) is 0 Å². The molecule has 3 heteroatoms. The van der Waals surface area contributed by atoms with Crippen LogP contribution >= 0.6 is 0 Å². The molecule has 1 saturated heterocycles. The van der Waals surface area contributed by atoms with Crippen LogP contribution in [0.25, 0.3) is 0 Å². The van der Waals surface area contributed by atoms with Gasteiger partial charge < -0.3 is 10.5 Å². The largest absolute Gasteiger partial charge is 0.492 e. The van der Waals surface area contributed by atoms with Crippen molar-refractivity contribution in [3.05, 3.63) is 29.8 Å². The van der Waals surface area contributed by atoms with Crippen LogP contribution in [0.4, 0.5) is 0 Å². The Hall–Kier alpha value is -1.06. The maximum absolute atomic E-state index is 5.85.